The van der Waals surface area contributed by atoms with Gasteiger partial charge in [-0.15, -0.1) is 0 Å². The maximum Gasteiger partial charge on any atom is 0.248 e. The fourth-order valence-electron chi connectivity index (χ4n) is 1.29. The van der Waals surface area contributed by atoms with Crippen LogP contribution in [0.25, 0.3) is 6.08 Å². The van der Waals surface area contributed by atoms with E-state index in [2.05, 4.69) is 43.8 Å². The first-order valence-corrected chi connectivity index (χ1v) is 7.00. The van der Waals surface area contributed by atoms with Crippen molar-refractivity contribution < 1.29 is 9.21 Å². The summed E-state index contributed by atoms with van der Waals surface area (Å²) >= 11 is 5.41. The monoisotopic (exact) mass is 417 g/mol. The van der Waals surface area contributed by atoms with Gasteiger partial charge in [-0.1, -0.05) is 0 Å². The van der Waals surface area contributed by atoms with Crippen molar-refractivity contribution in [2.75, 3.05) is 5.32 Å². The lowest BCUT2D eigenvalue weighted by molar-refractivity contribution is -0.111. The lowest BCUT2D eigenvalue weighted by Crippen LogP contribution is -2.07. The van der Waals surface area contributed by atoms with E-state index in [1.807, 2.05) is 24.3 Å². The molecule has 0 spiro atoms. The molecule has 18 heavy (non-hydrogen) atoms. The summed E-state index contributed by atoms with van der Waals surface area (Å²) in [7, 11) is 0. The number of amides is 1. The number of hydrogen-bond donors (Lipinski definition) is 1. The minimum Gasteiger partial charge on any atom is -0.450 e. The lowest BCUT2D eigenvalue weighted by Gasteiger charge is -2.01. The van der Waals surface area contributed by atoms with E-state index in [4.69, 9.17) is 4.42 Å². The van der Waals surface area contributed by atoms with Crippen molar-refractivity contribution in [2.45, 2.75) is 0 Å². The predicted molar refractivity (Wildman–Crippen MR) is 83.2 cm³/mol. The summed E-state index contributed by atoms with van der Waals surface area (Å²) in [4.78, 5) is 11.6. The minimum atomic E-state index is -0.191. The predicted octanol–water partition coefficient (Wildman–Crippen LogP) is 4.30. The van der Waals surface area contributed by atoms with Gasteiger partial charge in [0.1, 0.15) is 5.76 Å². The molecule has 0 aliphatic heterocycles. The topological polar surface area (TPSA) is 42.2 Å². The highest BCUT2D eigenvalue weighted by Crippen LogP contribution is 2.15. The number of halogens is 2. The summed E-state index contributed by atoms with van der Waals surface area (Å²) in [5.41, 5.74) is 0.769. The zero-order valence-electron chi connectivity index (χ0n) is 9.19. The molecule has 1 aromatic carbocycles. The third kappa shape index (κ3) is 3.99. The van der Waals surface area contributed by atoms with Gasteiger partial charge in [-0.05, 0) is 81.0 Å². The molecule has 3 nitrogen and oxygen atoms in total. The van der Waals surface area contributed by atoms with E-state index < -0.39 is 0 Å². The summed E-state index contributed by atoms with van der Waals surface area (Å²) in [6, 6.07) is 11.1. The third-order valence-electron chi connectivity index (χ3n) is 2.10. The fraction of sp³-hybridized carbons (Fsp3) is 0. The number of benzene rings is 1. The quantitative estimate of drug-likeness (QED) is 0.597. The number of anilines is 1. The fourth-order valence-corrected chi connectivity index (χ4v) is 1.97. The van der Waals surface area contributed by atoms with Crippen LogP contribution < -0.4 is 5.32 Å². The van der Waals surface area contributed by atoms with Crippen molar-refractivity contribution in [1.82, 2.24) is 0 Å². The highest BCUT2D eigenvalue weighted by Gasteiger charge is 1.99. The Balaban J connectivity index is 1.96. The average Bonchev–Trinajstić information content (AvgIpc) is 2.76. The minimum absolute atomic E-state index is 0.191. The number of hydrogen-bond acceptors (Lipinski definition) is 2. The first-order valence-electron chi connectivity index (χ1n) is 5.13. The van der Waals surface area contributed by atoms with Gasteiger partial charge in [0, 0.05) is 15.3 Å². The van der Waals surface area contributed by atoms with E-state index in [9.17, 15) is 4.79 Å². The number of nitrogens with one attached hydrogen (secondary N) is 1. The smallest absolute Gasteiger partial charge is 0.248 e. The Morgan fingerprint density at radius 3 is 2.56 bits per heavy atom. The molecule has 1 heterocycles. The molecule has 0 aliphatic carbocycles. The molecular formula is C13H9BrINO2. The van der Waals surface area contributed by atoms with Crippen molar-refractivity contribution in [1.29, 1.82) is 0 Å². The SMILES string of the molecule is O=C(C=Cc1ccc(Br)o1)Nc1ccc(I)cc1. The first-order chi connectivity index (χ1) is 8.63. The molecule has 0 radical (unpaired) electrons. The summed E-state index contributed by atoms with van der Waals surface area (Å²) in [5.74, 6) is 0.434. The molecule has 2 aromatic rings. The van der Waals surface area contributed by atoms with Gasteiger partial charge in [0.15, 0.2) is 4.67 Å². The number of rotatable bonds is 3. The Bertz CT molecular complexity index is 575. The second-order valence-electron chi connectivity index (χ2n) is 3.47. The van der Waals surface area contributed by atoms with E-state index in [-0.39, 0.29) is 5.91 Å². The Morgan fingerprint density at radius 2 is 1.94 bits per heavy atom. The Morgan fingerprint density at radius 1 is 1.22 bits per heavy atom. The zero-order chi connectivity index (χ0) is 13.0. The van der Waals surface area contributed by atoms with Crippen LogP contribution in [0, 0.1) is 3.57 Å². The summed E-state index contributed by atoms with van der Waals surface area (Å²) in [6.07, 6.45) is 3.05. The average molecular weight is 418 g/mol. The molecule has 0 fully saturated rings. The van der Waals surface area contributed by atoms with Gasteiger partial charge in [-0.3, -0.25) is 4.79 Å². The largest absolute Gasteiger partial charge is 0.450 e. The summed E-state index contributed by atoms with van der Waals surface area (Å²) in [5, 5.41) is 2.76. The van der Waals surface area contributed by atoms with Crippen molar-refractivity contribution in [2.24, 2.45) is 0 Å². The molecule has 2 rings (SSSR count). The number of carbonyl (C=O) groups is 1. The maximum atomic E-state index is 11.6. The van der Waals surface area contributed by atoms with Crippen LogP contribution >= 0.6 is 38.5 Å². The number of furan rings is 1. The molecular weight excluding hydrogens is 409 g/mol. The molecule has 5 heteroatoms. The number of carbonyl (C=O) groups excluding carboxylic acids is 1. The van der Waals surface area contributed by atoms with Crippen LogP contribution in [-0.2, 0) is 4.79 Å². The van der Waals surface area contributed by atoms with Crippen LogP contribution in [0.3, 0.4) is 0 Å². The third-order valence-corrected chi connectivity index (χ3v) is 3.25. The summed E-state index contributed by atoms with van der Waals surface area (Å²) < 4.78 is 7.01. The molecule has 0 saturated heterocycles. The van der Waals surface area contributed by atoms with Crippen LogP contribution in [-0.4, -0.2) is 5.91 Å². The van der Waals surface area contributed by atoms with Crippen LogP contribution in [0.1, 0.15) is 5.76 Å². The van der Waals surface area contributed by atoms with Crippen molar-refractivity contribution in [3.05, 3.63) is 56.5 Å². The van der Waals surface area contributed by atoms with Gasteiger partial charge in [0.2, 0.25) is 5.91 Å². The van der Waals surface area contributed by atoms with E-state index >= 15 is 0 Å². The van der Waals surface area contributed by atoms with E-state index in [1.165, 1.54) is 6.08 Å². The molecule has 92 valence electrons. The van der Waals surface area contributed by atoms with Crippen LogP contribution in [0.5, 0.6) is 0 Å². The second-order valence-corrected chi connectivity index (χ2v) is 5.50. The van der Waals surface area contributed by atoms with Gasteiger partial charge in [-0.25, -0.2) is 0 Å². The Hall–Kier alpha value is -1.08. The highest BCUT2D eigenvalue weighted by atomic mass is 127. The van der Waals surface area contributed by atoms with Crippen LogP contribution in [0.4, 0.5) is 5.69 Å². The van der Waals surface area contributed by atoms with E-state index in [1.54, 1.807) is 18.2 Å². The van der Waals surface area contributed by atoms with Gasteiger partial charge in [0.25, 0.3) is 0 Å². The van der Waals surface area contributed by atoms with Gasteiger partial charge >= 0.3 is 0 Å². The molecule has 0 aliphatic rings. The van der Waals surface area contributed by atoms with Crippen molar-refractivity contribution in [3.63, 3.8) is 0 Å². The first kappa shape index (κ1) is 13.4. The molecule has 0 atom stereocenters. The van der Waals surface area contributed by atoms with Crippen LogP contribution in [0.2, 0.25) is 0 Å². The standard InChI is InChI=1S/C13H9BrINO2/c14-12-7-5-11(18-12)6-8-13(17)16-10-3-1-9(15)2-4-10/h1-8H,(H,16,17). The Kier molecular flexibility index (Phi) is 4.60. The molecule has 1 N–H and O–H groups in total. The summed E-state index contributed by atoms with van der Waals surface area (Å²) in [6.45, 7) is 0. The lowest BCUT2D eigenvalue weighted by atomic mass is 10.3. The van der Waals surface area contributed by atoms with Gasteiger partial charge < -0.3 is 9.73 Å². The maximum absolute atomic E-state index is 11.6. The Labute approximate surface area is 127 Å². The van der Waals surface area contributed by atoms with Crippen molar-refractivity contribution in [3.8, 4) is 0 Å². The van der Waals surface area contributed by atoms with E-state index in [0.29, 0.717) is 10.4 Å². The molecule has 0 bridgehead atoms. The normalized spacial score (nSPS) is 10.8. The molecule has 1 amide bonds. The second kappa shape index (κ2) is 6.19. The van der Waals surface area contributed by atoms with Gasteiger partial charge in [0.05, 0.1) is 0 Å². The highest BCUT2D eigenvalue weighted by molar-refractivity contribution is 14.1. The zero-order valence-corrected chi connectivity index (χ0v) is 12.9. The molecule has 1 aromatic heterocycles. The van der Waals surface area contributed by atoms with Gasteiger partial charge in [-0.2, -0.15) is 0 Å². The van der Waals surface area contributed by atoms with E-state index in [0.717, 1.165) is 9.26 Å². The van der Waals surface area contributed by atoms with Crippen LogP contribution in [0.15, 0.2) is 51.6 Å². The molecule has 0 saturated carbocycles. The van der Waals surface area contributed by atoms with Crippen molar-refractivity contribution >= 4 is 56.2 Å². The molecule has 0 unspecified atom stereocenters.